The molecule has 0 unspecified atom stereocenters. The number of para-hydroxylation sites is 1. The number of hydrogen-bond acceptors (Lipinski definition) is 5. The summed E-state index contributed by atoms with van der Waals surface area (Å²) < 4.78 is 1.55. The van der Waals surface area contributed by atoms with Gasteiger partial charge in [0.2, 0.25) is 5.91 Å². The number of amides is 1. The SMILES string of the molecule is CCc1ccccc1NC(=O)Cn1c(CN(CC)CC)nc2sc(C)c(C)c2c1=O. The number of thiophene rings is 1. The van der Waals surface area contributed by atoms with Crippen LogP contribution in [0.25, 0.3) is 10.2 Å². The summed E-state index contributed by atoms with van der Waals surface area (Å²) in [6.45, 7) is 12.4. The first-order valence-electron chi connectivity index (χ1n) is 10.5. The molecule has 0 spiro atoms. The fourth-order valence-electron chi connectivity index (χ4n) is 3.58. The molecule has 0 saturated heterocycles. The highest BCUT2D eigenvalue weighted by atomic mass is 32.1. The van der Waals surface area contributed by atoms with E-state index in [2.05, 4.69) is 31.0 Å². The zero-order chi connectivity index (χ0) is 21.8. The van der Waals surface area contributed by atoms with Crippen molar-refractivity contribution >= 4 is 33.1 Å². The van der Waals surface area contributed by atoms with E-state index in [1.165, 1.54) is 0 Å². The molecule has 2 heterocycles. The number of aromatic nitrogens is 2. The van der Waals surface area contributed by atoms with Crippen molar-refractivity contribution in [2.45, 2.75) is 54.1 Å². The first-order chi connectivity index (χ1) is 14.4. The molecule has 1 aromatic carbocycles. The number of carbonyl (C=O) groups is 1. The normalized spacial score (nSPS) is 11.4. The van der Waals surface area contributed by atoms with Crippen molar-refractivity contribution in [2.24, 2.45) is 0 Å². The van der Waals surface area contributed by atoms with Crippen LogP contribution < -0.4 is 10.9 Å². The number of fused-ring (bicyclic) bond motifs is 1. The van der Waals surface area contributed by atoms with Crippen molar-refractivity contribution in [1.82, 2.24) is 14.5 Å². The monoisotopic (exact) mass is 426 g/mol. The van der Waals surface area contributed by atoms with Crippen LogP contribution in [0.2, 0.25) is 0 Å². The van der Waals surface area contributed by atoms with Gasteiger partial charge < -0.3 is 5.32 Å². The summed E-state index contributed by atoms with van der Waals surface area (Å²) in [5.74, 6) is 0.418. The van der Waals surface area contributed by atoms with Gasteiger partial charge in [-0.15, -0.1) is 11.3 Å². The maximum Gasteiger partial charge on any atom is 0.263 e. The summed E-state index contributed by atoms with van der Waals surface area (Å²) in [5, 5.41) is 3.60. The third-order valence-electron chi connectivity index (χ3n) is 5.60. The number of carbonyl (C=O) groups excluding carboxylic acids is 1. The molecule has 0 saturated carbocycles. The molecule has 0 aliphatic rings. The molecule has 30 heavy (non-hydrogen) atoms. The molecule has 3 aromatic rings. The average Bonchev–Trinajstić information content (AvgIpc) is 3.02. The van der Waals surface area contributed by atoms with E-state index in [0.29, 0.717) is 17.8 Å². The number of nitrogens with zero attached hydrogens (tertiary/aromatic N) is 3. The van der Waals surface area contributed by atoms with E-state index in [1.54, 1.807) is 15.9 Å². The maximum atomic E-state index is 13.4. The van der Waals surface area contributed by atoms with Crippen LogP contribution in [-0.2, 0) is 24.3 Å². The van der Waals surface area contributed by atoms with Gasteiger partial charge in [0.1, 0.15) is 17.2 Å². The molecule has 0 fully saturated rings. The van der Waals surface area contributed by atoms with Gasteiger partial charge in [0.25, 0.3) is 5.56 Å². The lowest BCUT2D eigenvalue weighted by Crippen LogP contribution is -2.34. The van der Waals surface area contributed by atoms with Crippen LogP contribution in [0.4, 0.5) is 5.69 Å². The molecule has 0 bridgehead atoms. The lowest BCUT2D eigenvalue weighted by Gasteiger charge is -2.20. The summed E-state index contributed by atoms with van der Waals surface area (Å²) in [6, 6.07) is 7.75. The van der Waals surface area contributed by atoms with Crippen molar-refractivity contribution in [3.05, 3.63) is 56.4 Å². The first-order valence-corrected chi connectivity index (χ1v) is 11.3. The van der Waals surface area contributed by atoms with Crippen LogP contribution in [0.5, 0.6) is 0 Å². The highest BCUT2D eigenvalue weighted by molar-refractivity contribution is 7.18. The van der Waals surface area contributed by atoms with E-state index < -0.39 is 0 Å². The Balaban J connectivity index is 2.01. The predicted octanol–water partition coefficient (Wildman–Crippen LogP) is 4.12. The van der Waals surface area contributed by atoms with Crippen molar-refractivity contribution in [3.8, 4) is 0 Å². The molecule has 1 amide bonds. The summed E-state index contributed by atoms with van der Waals surface area (Å²) in [6.07, 6.45) is 0.824. The lowest BCUT2D eigenvalue weighted by atomic mass is 10.1. The van der Waals surface area contributed by atoms with E-state index in [0.717, 1.165) is 46.0 Å². The van der Waals surface area contributed by atoms with E-state index in [-0.39, 0.29) is 18.0 Å². The zero-order valence-corrected chi connectivity index (χ0v) is 19.2. The standard InChI is InChI=1S/C23H30N4O2S/c1-6-17-11-9-10-12-18(17)24-20(28)14-27-19(13-26(7-2)8-3)25-22-21(23(27)29)15(4)16(5)30-22/h9-12H,6-8,13-14H2,1-5H3,(H,24,28). The number of aryl methyl sites for hydroxylation is 3. The zero-order valence-electron chi connectivity index (χ0n) is 18.4. The number of benzene rings is 1. The Morgan fingerprint density at radius 3 is 2.53 bits per heavy atom. The minimum atomic E-state index is -0.218. The maximum absolute atomic E-state index is 13.4. The van der Waals surface area contributed by atoms with Crippen molar-refractivity contribution < 1.29 is 4.79 Å². The van der Waals surface area contributed by atoms with E-state index >= 15 is 0 Å². The average molecular weight is 427 g/mol. The van der Waals surface area contributed by atoms with Crippen molar-refractivity contribution in [1.29, 1.82) is 0 Å². The summed E-state index contributed by atoms with van der Waals surface area (Å²) >= 11 is 1.54. The first kappa shape index (κ1) is 22.2. The topological polar surface area (TPSA) is 67.2 Å². The molecule has 0 aliphatic heterocycles. The molecule has 0 aliphatic carbocycles. The molecule has 0 radical (unpaired) electrons. The third kappa shape index (κ3) is 4.47. The Hall–Kier alpha value is -2.51. The van der Waals surface area contributed by atoms with Gasteiger partial charge in [-0.25, -0.2) is 4.98 Å². The number of anilines is 1. The smallest absolute Gasteiger partial charge is 0.263 e. The van der Waals surface area contributed by atoms with Gasteiger partial charge in [0.15, 0.2) is 0 Å². The van der Waals surface area contributed by atoms with Crippen LogP contribution in [0.15, 0.2) is 29.1 Å². The quantitative estimate of drug-likeness (QED) is 0.588. The Morgan fingerprint density at radius 2 is 1.87 bits per heavy atom. The molecule has 0 atom stereocenters. The summed E-state index contributed by atoms with van der Waals surface area (Å²) in [5.41, 5.74) is 2.68. The van der Waals surface area contributed by atoms with Crippen LogP contribution >= 0.6 is 11.3 Å². The Labute approximate surface area is 181 Å². The Bertz CT molecular complexity index is 1110. The molecule has 160 valence electrons. The van der Waals surface area contributed by atoms with Gasteiger partial charge in [-0.3, -0.25) is 19.1 Å². The molecule has 3 rings (SSSR count). The molecular formula is C23H30N4O2S. The predicted molar refractivity (Wildman–Crippen MR) is 124 cm³/mol. The molecule has 1 N–H and O–H groups in total. The second kappa shape index (κ2) is 9.53. The summed E-state index contributed by atoms with van der Waals surface area (Å²) in [7, 11) is 0. The van der Waals surface area contributed by atoms with Crippen LogP contribution in [0.1, 0.15) is 42.6 Å². The minimum Gasteiger partial charge on any atom is -0.324 e. The van der Waals surface area contributed by atoms with Crippen LogP contribution in [-0.4, -0.2) is 33.4 Å². The highest BCUT2D eigenvalue weighted by Crippen LogP contribution is 2.26. The highest BCUT2D eigenvalue weighted by Gasteiger charge is 2.19. The van der Waals surface area contributed by atoms with Gasteiger partial charge in [-0.05, 0) is 50.6 Å². The van der Waals surface area contributed by atoms with Gasteiger partial charge in [-0.1, -0.05) is 39.0 Å². The Kier molecular flexibility index (Phi) is 7.05. The molecule has 7 heteroatoms. The number of hydrogen-bond donors (Lipinski definition) is 1. The summed E-state index contributed by atoms with van der Waals surface area (Å²) in [4.78, 5) is 35.1. The van der Waals surface area contributed by atoms with Gasteiger partial charge in [0, 0.05) is 10.6 Å². The van der Waals surface area contributed by atoms with Crippen LogP contribution in [0.3, 0.4) is 0 Å². The number of rotatable bonds is 8. The number of nitrogens with one attached hydrogen (secondary N) is 1. The van der Waals surface area contributed by atoms with Gasteiger partial charge in [-0.2, -0.15) is 0 Å². The van der Waals surface area contributed by atoms with Crippen LogP contribution in [0, 0.1) is 13.8 Å². The largest absolute Gasteiger partial charge is 0.324 e. The second-order valence-electron chi connectivity index (χ2n) is 7.40. The van der Waals surface area contributed by atoms with E-state index in [4.69, 9.17) is 4.98 Å². The minimum absolute atomic E-state index is 0.0508. The fraction of sp³-hybridized carbons (Fsp3) is 0.435. The van der Waals surface area contributed by atoms with E-state index in [1.807, 2.05) is 38.1 Å². The van der Waals surface area contributed by atoms with Gasteiger partial charge >= 0.3 is 0 Å². The third-order valence-corrected chi connectivity index (χ3v) is 6.70. The van der Waals surface area contributed by atoms with E-state index in [9.17, 15) is 9.59 Å². The second-order valence-corrected chi connectivity index (χ2v) is 8.61. The fourth-order valence-corrected chi connectivity index (χ4v) is 4.62. The molecular weight excluding hydrogens is 396 g/mol. The Morgan fingerprint density at radius 1 is 1.17 bits per heavy atom. The molecule has 2 aromatic heterocycles. The van der Waals surface area contributed by atoms with Crippen molar-refractivity contribution in [2.75, 3.05) is 18.4 Å². The van der Waals surface area contributed by atoms with Gasteiger partial charge in [0.05, 0.1) is 11.9 Å². The molecule has 6 nitrogen and oxygen atoms in total. The van der Waals surface area contributed by atoms with Crippen molar-refractivity contribution in [3.63, 3.8) is 0 Å². The lowest BCUT2D eigenvalue weighted by molar-refractivity contribution is -0.116.